The molecule has 13 rings (SSSR count). The molecule has 10 aromatic carbocycles. The van der Waals surface area contributed by atoms with Gasteiger partial charge in [-0.15, -0.1) is 0 Å². The molecule has 0 aliphatic heterocycles. The van der Waals surface area contributed by atoms with E-state index in [-0.39, 0.29) is 5.41 Å². The van der Waals surface area contributed by atoms with Gasteiger partial charge >= 0.3 is 0 Å². The number of hydrogen-bond acceptors (Lipinski definition) is 2. The van der Waals surface area contributed by atoms with Crippen molar-refractivity contribution in [3.63, 3.8) is 0 Å². The molecule has 302 valence electrons. The molecule has 1 aromatic heterocycles. The molecule has 0 saturated carbocycles. The lowest BCUT2D eigenvalue weighted by Crippen LogP contribution is -2.29. The maximum atomic E-state index is 6.69. The summed E-state index contributed by atoms with van der Waals surface area (Å²) in [6.45, 7) is 4.78. The minimum Gasteiger partial charge on any atom is -0.456 e. The van der Waals surface area contributed by atoms with Crippen LogP contribution in [0.3, 0.4) is 0 Å². The largest absolute Gasteiger partial charge is 0.456 e. The molecule has 2 heteroatoms. The highest BCUT2D eigenvalue weighted by molar-refractivity contribution is 6.16. The summed E-state index contributed by atoms with van der Waals surface area (Å²) in [7, 11) is 0. The number of nitrogens with zero attached hydrogens (tertiary/aromatic N) is 1. The fourth-order valence-electron chi connectivity index (χ4n) is 11.6. The van der Waals surface area contributed by atoms with E-state index in [4.69, 9.17) is 4.42 Å². The van der Waals surface area contributed by atoms with Crippen LogP contribution in [0, 0.1) is 0 Å². The zero-order valence-electron chi connectivity index (χ0n) is 35.7. The standard InChI is InChI=1S/C62H43NO/c1-61(2)52-30-14-11-26-46(52)50-29-17-33-56(60(50)61)63(55-32-16-13-27-48(55)49-28-18-34-57-59(49)51-37-40-19-9-10-20-41(40)38-58(51)64-57)44-35-36-47-45-25-12-15-31-53(45)62(54(47)39-44,42-21-5-3-6-22-42)43-23-7-4-8-24-43/h3-39H,1-2H3. The molecule has 0 spiro atoms. The number of anilines is 3. The van der Waals surface area contributed by atoms with Gasteiger partial charge in [-0.2, -0.15) is 0 Å². The summed E-state index contributed by atoms with van der Waals surface area (Å²) in [6.07, 6.45) is 0. The summed E-state index contributed by atoms with van der Waals surface area (Å²) in [5, 5.41) is 4.61. The van der Waals surface area contributed by atoms with Crippen LogP contribution in [-0.2, 0) is 10.8 Å². The Kier molecular flexibility index (Phi) is 7.90. The van der Waals surface area contributed by atoms with E-state index in [0.29, 0.717) is 0 Å². The maximum absolute atomic E-state index is 6.69. The summed E-state index contributed by atoms with van der Waals surface area (Å²) in [5.74, 6) is 0. The van der Waals surface area contributed by atoms with Crippen molar-refractivity contribution in [2.75, 3.05) is 4.90 Å². The van der Waals surface area contributed by atoms with Crippen molar-refractivity contribution in [1.82, 2.24) is 0 Å². The number of fused-ring (bicyclic) bond motifs is 10. The van der Waals surface area contributed by atoms with Crippen LogP contribution in [0.15, 0.2) is 229 Å². The molecule has 2 nitrogen and oxygen atoms in total. The zero-order valence-corrected chi connectivity index (χ0v) is 35.7. The monoisotopic (exact) mass is 817 g/mol. The van der Waals surface area contributed by atoms with Gasteiger partial charge in [-0.25, -0.2) is 0 Å². The third kappa shape index (κ3) is 5.08. The van der Waals surface area contributed by atoms with E-state index in [9.17, 15) is 0 Å². The van der Waals surface area contributed by atoms with Crippen molar-refractivity contribution in [2.45, 2.75) is 24.7 Å². The number of rotatable bonds is 6. The van der Waals surface area contributed by atoms with Crippen molar-refractivity contribution < 1.29 is 4.42 Å². The highest BCUT2D eigenvalue weighted by Crippen LogP contribution is 2.59. The number of benzene rings is 10. The molecule has 1 heterocycles. The van der Waals surface area contributed by atoms with Crippen molar-refractivity contribution in [3.05, 3.63) is 258 Å². The second-order valence-corrected chi connectivity index (χ2v) is 18.0. The second-order valence-electron chi connectivity index (χ2n) is 18.0. The van der Waals surface area contributed by atoms with Gasteiger partial charge in [0, 0.05) is 27.4 Å². The number of furan rings is 1. The number of para-hydroxylation sites is 1. The van der Waals surface area contributed by atoms with Crippen molar-refractivity contribution in [1.29, 1.82) is 0 Å². The predicted octanol–water partition coefficient (Wildman–Crippen LogP) is 16.5. The van der Waals surface area contributed by atoms with Crippen molar-refractivity contribution in [3.8, 4) is 33.4 Å². The summed E-state index contributed by atoms with van der Waals surface area (Å²) in [6, 6.07) is 82.9. The molecule has 0 saturated heterocycles. The first-order valence-corrected chi connectivity index (χ1v) is 22.3. The Morgan fingerprint density at radius 1 is 0.375 bits per heavy atom. The Balaban J connectivity index is 1.12. The lowest BCUT2D eigenvalue weighted by Gasteiger charge is -2.36. The second kappa shape index (κ2) is 13.8. The number of hydrogen-bond donors (Lipinski definition) is 0. The first kappa shape index (κ1) is 36.7. The molecule has 0 bridgehead atoms. The van der Waals surface area contributed by atoms with Gasteiger partial charge in [0.25, 0.3) is 0 Å². The van der Waals surface area contributed by atoms with Gasteiger partial charge < -0.3 is 9.32 Å². The molecule has 2 aliphatic carbocycles. The Morgan fingerprint density at radius 3 is 1.67 bits per heavy atom. The van der Waals surface area contributed by atoms with Gasteiger partial charge in [0.05, 0.1) is 16.8 Å². The van der Waals surface area contributed by atoms with E-state index < -0.39 is 5.41 Å². The first-order valence-electron chi connectivity index (χ1n) is 22.3. The average Bonchev–Trinajstić information content (AvgIpc) is 3.95. The Morgan fingerprint density at radius 2 is 0.922 bits per heavy atom. The third-order valence-electron chi connectivity index (χ3n) is 14.3. The normalized spacial score (nSPS) is 14.0. The minimum absolute atomic E-state index is 0.262. The van der Waals surface area contributed by atoms with E-state index in [0.717, 1.165) is 44.4 Å². The highest BCUT2D eigenvalue weighted by Gasteiger charge is 2.47. The van der Waals surface area contributed by atoms with Gasteiger partial charge in [-0.1, -0.05) is 196 Å². The van der Waals surface area contributed by atoms with Crippen LogP contribution in [0.5, 0.6) is 0 Å². The molecule has 0 atom stereocenters. The lowest BCUT2D eigenvalue weighted by molar-refractivity contribution is 0.661. The molecule has 0 amide bonds. The van der Waals surface area contributed by atoms with E-state index in [2.05, 4.69) is 243 Å². The zero-order chi connectivity index (χ0) is 42.6. The molecule has 0 radical (unpaired) electrons. The molecule has 0 N–H and O–H groups in total. The van der Waals surface area contributed by atoms with E-state index >= 15 is 0 Å². The Labute approximate surface area is 373 Å². The Bertz CT molecular complexity index is 3610. The molecule has 0 unspecified atom stereocenters. The quantitative estimate of drug-likeness (QED) is 0.166. The van der Waals surface area contributed by atoms with Gasteiger partial charge in [-0.05, 0) is 114 Å². The van der Waals surface area contributed by atoms with Crippen LogP contribution in [0.2, 0.25) is 0 Å². The summed E-state index contributed by atoms with van der Waals surface area (Å²) < 4.78 is 6.69. The van der Waals surface area contributed by atoms with Crippen LogP contribution in [-0.4, -0.2) is 0 Å². The van der Waals surface area contributed by atoms with Gasteiger partial charge in [0.2, 0.25) is 0 Å². The molecular formula is C62H43NO. The predicted molar refractivity (Wildman–Crippen MR) is 266 cm³/mol. The van der Waals surface area contributed by atoms with Crippen LogP contribution >= 0.6 is 0 Å². The smallest absolute Gasteiger partial charge is 0.136 e. The minimum atomic E-state index is -0.548. The summed E-state index contributed by atoms with van der Waals surface area (Å²) >= 11 is 0. The first-order chi connectivity index (χ1) is 31.5. The van der Waals surface area contributed by atoms with Crippen molar-refractivity contribution >= 4 is 49.8 Å². The lowest BCUT2D eigenvalue weighted by atomic mass is 9.67. The Hall–Kier alpha value is -7.94. The average molecular weight is 818 g/mol. The molecule has 64 heavy (non-hydrogen) atoms. The van der Waals surface area contributed by atoms with Gasteiger partial charge in [0.15, 0.2) is 0 Å². The fourth-order valence-corrected chi connectivity index (χ4v) is 11.6. The third-order valence-corrected chi connectivity index (χ3v) is 14.3. The fraction of sp³-hybridized carbons (Fsp3) is 0.0645. The van der Waals surface area contributed by atoms with Gasteiger partial charge in [-0.3, -0.25) is 0 Å². The highest BCUT2D eigenvalue weighted by atomic mass is 16.3. The van der Waals surface area contributed by atoms with E-state index in [1.54, 1.807) is 0 Å². The van der Waals surface area contributed by atoms with Crippen LogP contribution in [0.25, 0.3) is 66.1 Å². The van der Waals surface area contributed by atoms with Crippen LogP contribution in [0.1, 0.15) is 47.2 Å². The maximum Gasteiger partial charge on any atom is 0.136 e. The van der Waals surface area contributed by atoms with E-state index in [1.807, 2.05) is 0 Å². The molecular weight excluding hydrogens is 775 g/mol. The topological polar surface area (TPSA) is 16.4 Å². The van der Waals surface area contributed by atoms with E-state index in [1.165, 1.54) is 72.1 Å². The SMILES string of the molecule is CC1(C)c2ccccc2-c2cccc(N(c3ccc4c(c3)C(c3ccccc3)(c3ccccc3)c3ccccc3-4)c3ccccc3-c3cccc4oc5cc6ccccc6cc5c34)c21. The van der Waals surface area contributed by atoms with Crippen LogP contribution < -0.4 is 4.90 Å². The summed E-state index contributed by atoms with van der Waals surface area (Å²) in [4.78, 5) is 2.56. The summed E-state index contributed by atoms with van der Waals surface area (Å²) in [5.41, 5.74) is 19.5. The van der Waals surface area contributed by atoms with Gasteiger partial charge in [0.1, 0.15) is 11.2 Å². The molecule has 11 aromatic rings. The molecule has 2 aliphatic rings. The van der Waals surface area contributed by atoms with Crippen LogP contribution in [0.4, 0.5) is 17.1 Å². The van der Waals surface area contributed by atoms with Crippen molar-refractivity contribution in [2.24, 2.45) is 0 Å². The molecule has 0 fully saturated rings.